The molecule has 4 aromatic rings. The average molecular weight is 1160 g/mol. The molecule has 442 valence electrons. The maximum Gasteiger partial charge on any atom is 0.407 e. The Labute approximate surface area is 459 Å². The van der Waals surface area contributed by atoms with Crippen LogP contribution in [0.3, 0.4) is 0 Å². The Morgan fingerprint density at radius 2 is 1.32 bits per heavy atom. The third-order valence-corrected chi connectivity index (χ3v) is 14.2. The highest BCUT2D eigenvalue weighted by atomic mass is 19.4. The van der Waals surface area contributed by atoms with E-state index in [1.807, 2.05) is 22.9 Å². The van der Waals surface area contributed by atoms with Crippen LogP contribution in [-0.4, -0.2) is 157 Å². The number of amides is 4. The topological polar surface area (TPSA) is 205 Å². The molecule has 2 aliphatic heterocycles. The highest BCUT2D eigenvalue weighted by molar-refractivity contribution is 5.87. The van der Waals surface area contributed by atoms with Gasteiger partial charge in [-0.1, -0.05) is 24.0 Å². The number of halogens is 10. The van der Waals surface area contributed by atoms with Gasteiger partial charge in [-0.05, 0) is 95.0 Å². The first-order chi connectivity index (χ1) is 38.0. The first-order valence-corrected chi connectivity index (χ1v) is 25.3. The summed E-state index contributed by atoms with van der Waals surface area (Å²) >= 11 is 0. The third kappa shape index (κ3) is 16.0. The van der Waals surface area contributed by atoms with Crippen molar-refractivity contribution >= 4 is 29.8 Å². The summed E-state index contributed by atoms with van der Waals surface area (Å²) in [6, 6.07) is 5.78. The minimum atomic E-state index is -5.23. The van der Waals surface area contributed by atoms with E-state index in [1.165, 1.54) is 24.3 Å². The number of ether oxygens (including phenoxy) is 3. The fourth-order valence-electron chi connectivity index (χ4n) is 8.93. The maximum atomic E-state index is 16.0. The lowest BCUT2D eigenvalue weighted by Gasteiger charge is -2.41. The molecule has 4 amide bonds. The zero-order valence-corrected chi connectivity index (χ0v) is 44.9. The molecule has 2 aromatic heterocycles. The molecule has 0 bridgehead atoms. The number of aliphatic hydroxyl groups excluding tert-OH is 1. The van der Waals surface area contributed by atoms with Crippen LogP contribution in [-0.2, 0) is 36.8 Å². The molecule has 0 radical (unpaired) electrons. The SMILES string of the molecule is COC(=O)N[C@H](C(=O)N[C@@H](Cc1ccc(C#Cc2ccc(N3CCN(C4CCOCC4)CC3)nc2)cc1)[C@@H](O)CN(Cc1c(F)cc(-c2ccn(C(F)F)n2)cc1F)NC(=O)[C@@H](NC(=O)OC)C(C)(C)C(F)(F)F)C(C)(C)C(F)(F)F. The van der Waals surface area contributed by atoms with Crippen LogP contribution >= 0.6 is 0 Å². The lowest BCUT2D eigenvalue weighted by atomic mass is 9.82. The normalized spacial score (nSPS) is 16.4. The monoisotopic (exact) mass is 1160 g/mol. The number of nitrogens with one attached hydrogen (secondary N) is 4. The first kappa shape index (κ1) is 63.0. The molecule has 2 fully saturated rings. The van der Waals surface area contributed by atoms with Gasteiger partial charge in [-0.3, -0.25) is 19.9 Å². The number of aromatic nitrogens is 3. The lowest BCUT2D eigenvalue weighted by molar-refractivity contribution is -0.221. The van der Waals surface area contributed by atoms with Crippen LogP contribution in [0.1, 0.15) is 69.3 Å². The Bertz CT molecular complexity index is 2840. The molecular weight excluding hydrogens is 1090 g/mol. The summed E-state index contributed by atoms with van der Waals surface area (Å²) in [5.74, 6) is 0.733. The van der Waals surface area contributed by atoms with E-state index in [2.05, 4.69) is 46.5 Å². The molecule has 0 aliphatic carbocycles. The predicted octanol–water partition coefficient (Wildman–Crippen LogP) is 6.87. The molecule has 0 spiro atoms. The quantitative estimate of drug-likeness (QED) is 0.0370. The largest absolute Gasteiger partial charge is 0.453 e. The zero-order valence-electron chi connectivity index (χ0n) is 44.9. The number of alkyl carbamates (subject to hydrolysis) is 2. The molecular formula is C53H62F10N10O8. The number of methoxy groups -OCH3 is 2. The number of piperazine rings is 1. The molecule has 4 heterocycles. The Kier molecular flexibility index (Phi) is 20.7. The smallest absolute Gasteiger partial charge is 0.407 e. The summed E-state index contributed by atoms with van der Waals surface area (Å²) in [5, 5.41) is 22.1. The van der Waals surface area contributed by atoms with Crippen LogP contribution in [0.2, 0.25) is 0 Å². The number of rotatable bonds is 19. The number of nitrogens with zero attached hydrogens (tertiary/aromatic N) is 6. The van der Waals surface area contributed by atoms with Crippen LogP contribution in [0.25, 0.3) is 11.3 Å². The van der Waals surface area contributed by atoms with E-state index < -0.39 is 115 Å². The number of hydrogen-bond donors (Lipinski definition) is 5. The van der Waals surface area contributed by atoms with E-state index in [0.717, 1.165) is 84.5 Å². The highest BCUT2D eigenvalue weighted by Crippen LogP contribution is 2.42. The standard InChI is InChI=1S/C53H62F10N10O8/c1-50(2,52(58,59)60)43(66-48(77)79-5)45(75)65-40(25-32-10-7-31(8-11-32)9-12-33-13-14-42(64-28-33)71-21-19-70(20-22-71)35-16-23-81-24-17-35)41(74)30-72(69-46(76)44(67-49(78)80-6)51(3,4)53(61,62)63)29-36-37(54)26-34(27-38(36)55)39-15-18-73(68-39)47(56)57/h7-8,10-11,13-15,18,26-28,35,40-41,43-44,47,74H,16-17,19-25,29-30H2,1-6H3,(H,65,75)(H,66,77)(H,67,78)(H,69,76)/t40-,41-,43+,44+/m0/s1. The van der Waals surface area contributed by atoms with Crippen molar-refractivity contribution < 1.29 is 82.4 Å². The molecule has 4 atom stereocenters. The lowest BCUT2D eigenvalue weighted by Crippen LogP contribution is -2.63. The van der Waals surface area contributed by atoms with E-state index in [9.17, 15) is 59.4 Å². The van der Waals surface area contributed by atoms with E-state index in [-0.39, 0.29) is 21.5 Å². The first-order valence-electron chi connectivity index (χ1n) is 25.3. The van der Waals surface area contributed by atoms with Crippen molar-refractivity contribution in [3.63, 3.8) is 0 Å². The molecule has 5 N–H and O–H groups in total. The fourth-order valence-corrected chi connectivity index (χ4v) is 8.93. The van der Waals surface area contributed by atoms with Gasteiger partial charge in [-0.2, -0.15) is 40.2 Å². The molecule has 2 saturated heterocycles. The third-order valence-electron chi connectivity index (χ3n) is 14.2. The average Bonchev–Trinajstić information content (AvgIpc) is 3.94. The van der Waals surface area contributed by atoms with Gasteiger partial charge in [0.2, 0.25) is 5.91 Å². The van der Waals surface area contributed by atoms with Crippen LogP contribution in [0, 0.1) is 34.3 Å². The van der Waals surface area contributed by atoms with Gasteiger partial charge in [0.05, 0.1) is 42.9 Å². The van der Waals surface area contributed by atoms with Crippen molar-refractivity contribution in [3.05, 3.63) is 101 Å². The van der Waals surface area contributed by atoms with E-state index in [1.54, 1.807) is 11.5 Å². The van der Waals surface area contributed by atoms with Gasteiger partial charge in [-0.15, -0.1) is 0 Å². The Balaban J connectivity index is 1.31. The van der Waals surface area contributed by atoms with Crippen molar-refractivity contribution in [2.24, 2.45) is 10.8 Å². The van der Waals surface area contributed by atoms with Gasteiger partial charge < -0.3 is 40.2 Å². The minimum Gasteiger partial charge on any atom is -0.453 e. The fraction of sp³-hybridized carbons (Fsp3) is 0.509. The molecule has 2 aliphatic rings. The van der Waals surface area contributed by atoms with Crippen LogP contribution in [0.4, 0.5) is 59.3 Å². The Hall–Kier alpha value is -7.22. The number of carbonyl (C=O) groups excluding carboxylic acids is 4. The number of anilines is 1. The molecule has 28 heteroatoms. The van der Waals surface area contributed by atoms with Gasteiger partial charge in [0.25, 0.3) is 5.91 Å². The van der Waals surface area contributed by atoms with Gasteiger partial charge >= 0.3 is 31.1 Å². The second-order valence-electron chi connectivity index (χ2n) is 20.4. The minimum absolute atomic E-state index is 0.198. The van der Waals surface area contributed by atoms with Crippen molar-refractivity contribution in [2.45, 2.75) is 103 Å². The number of carbonyl (C=O) groups is 4. The summed E-state index contributed by atoms with van der Waals surface area (Å²) in [6.45, 7) is 1.77. The van der Waals surface area contributed by atoms with Crippen molar-refractivity contribution in [2.75, 3.05) is 65.1 Å². The van der Waals surface area contributed by atoms with Gasteiger partial charge in [0, 0.05) is 93.2 Å². The molecule has 18 nitrogen and oxygen atoms in total. The second-order valence-corrected chi connectivity index (χ2v) is 20.4. The van der Waals surface area contributed by atoms with Gasteiger partial charge in [0.1, 0.15) is 29.5 Å². The van der Waals surface area contributed by atoms with Crippen LogP contribution in [0.15, 0.2) is 67.0 Å². The number of hydrogen-bond acceptors (Lipinski definition) is 13. The predicted molar refractivity (Wildman–Crippen MR) is 272 cm³/mol. The summed E-state index contributed by atoms with van der Waals surface area (Å²) < 4.78 is 161. The van der Waals surface area contributed by atoms with Crippen LogP contribution in [0.5, 0.6) is 0 Å². The van der Waals surface area contributed by atoms with E-state index >= 15 is 8.78 Å². The number of aliphatic hydroxyl groups is 1. The zero-order chi connectivity index (χ0) is 59.6. The van der Waals surface area contributed by atoms with Gasteiger partial charge in [0.15, 0.2) is 0 Å². The molecule has 2 aromatic carbocycles. The second kappa shape index (κ2) is 26.6. The van der Waals surface area contributed by atoms with E-state index in [4.69, 9.17) is 4.74 Å². The molecule has 0 unspecified atom stereocenters. The number of pyridine rings is 1. The highest BCUT2D eigenvalue weighted by Gasteiger charge is 2.57. The maximum absolute atomic E-state index is 16.0. The Morgan fingerprint density at radius 3 is 1.83 bits per heavy atom. The molecule has 0 saturated carbocycles. The van der Waals surface area contributed by atoms with E-state index in [0.29, 0.717) is 62.0 Å². The van der Waals surface area contributed by atoms with Crippen molar-refractivity contribution in [3.8, 4) is 23.1 Å². The number of hydrazine groups is 1. The Morgan fingerprint density at radius 1 is 0.778 bits per heavy atom. The summed E-state index contributed by atoms with van der Waals surface area (Å²) in [6.07, 6.45) is -11.6. The number of alkyl halides is 8. The summed E-state index contributed by atoms with van der Waals surface area (Å²) in [7, 11) is 1.60. The molecule has 81 heavy (non-hydrogen) atoms. The molecule has 6 rings (SSSR count). The summed E-state index contributed by atoms with van der Waals surface area (Å²) in [4.78, 5) is 62.1. The van der Waals surface area contributed by atoms with Crippen molar-refractivity contribution in [1.29, 1.82) is 0 Å². The van der Waals surface area contributed by atoms with Crippen LogP contribution < -0.4 is 26.3 Å². The summed E-state index contributed by atoms with van der Waals surface area (Å²) in [5.41, 5.74) is -4.43. The van der Waals surface area contributed by atoms with Gasteiger partial charge in [-0.25, -0.2) is 33.0 Å². The number of benzene rings is 2. The van der Waals surface area contributed by atoms with Crippen molar-refractivity contribution in [1.82, 2.24) is 46.0 Å².